The number of hydrogen-bond acceptors (Lipinski definition) is 14. The third-order valence-corrected chi connectivity index (χ3v) is 8.96. The quantitative estimate of drug-likeness (QED) is 0.0884. The van der Waals surface area contributed by atoms with E-state index in [0.717, 1.165) is 42.2 Å². The van der Waals surface area contributed by atoms with Gasteiger partial charge in [0.1, 0.15) is 41.9 Å². The molecule has 1 aliphatic heterocycles. The summed E-state index contributed by atoms with van der Waals surface area (Å²) in [5.74, 6) is -7.67. The molecule has 0 spiro atoms. The van der Waals surface area contributed by atoms with E-state index in [2.05, 4.69) is 25.9 Å². The van der Waals surface area contributed by atoms with Gasteiger partial charge in [0.15, 0.2) is 5.75 Å². The highest BCUT2D eigenvalue weighted by molar-refractivity contribution is 6.37. The SMILES string of the molecule is CC(=O)N[C@H]1[C@H]([C@H](O)[C@H](O)CO)O[C@@](Oc2ccc(-n3cc(COC(=O)Nc4cnc(Oc5c(Cl)cccc5Cl)c(C(F)(F)F)c4)nn3)cc2C(F)F)(C(=O)O)C[C@@H]1O. The number of aliphatic carboxylic acids is 1. The van der Waals surface area contributed by atoms with Crippen LogP contribution < -0.4 is 20.1 Å². The lowest BCUT2D eigenvalue weighted by Crippen LogP contribution is -2.68. The number of para-hydroxylation sites is 1. The van der Waals surface area contributed by atoms with Crippen LogP contribution in [-0.2, 0) is 31.8 Å². The fourth-order valence-corrected chi connectivity index (χ4v) is 6.09. The summed E-state index contributed by atoms with van der Waals surface area (Å²) in [6.45, 7) is -0.649. The number of carbonyl (C=O) groups excluding carboxylic acids is 2. The van der Waals surface area contributed by atoms with Crippen LogP contribution in [0.2, 0.25) is 10.0 Å². The summed E-state index contributed by atoms with van der Waals surface area (Å²) in [7, 11) is 0. The van der Waals surface area contributed by atoms with Crippen molar-refractivity contribution >= 4 is 46.9 Å². The van der Waals surface area contributed by atoms with E-state index in [1.807, 2.05) is 0 Å². The number of carbonyl (C=O) groups is 3. The van der Waals surface area contributed by atoms with Crippen molar-refractivity contribution in [2.45, 2.75) is 68.8 Å². The number of nitrogens with one attached hydrogen (secondary N) is 2. The number of anilines is 1. The van der Waals surface area contributed by atoms with Gasteiger partial charge in [0, 0.05) is 6.92 Å². The minimum Gasteiger partial charge on any atom is -0.476 e. The lowest BCUT2D eigenvalue weighted by atomic mass is 9.88. The first kappa shape index (κ1) is 44.7. The van der Waals surface area contributed by atoms with E-state index in [0.29, 0.717) is 6.07 Å². The third kappa shape index (κ3) is 10.4. The molecule has 1 fully saturated rings. The van der Waals surface area contributed by atoms with Crippen LogP contribution in [-0.4, -0.2) is 106 Å². The maximum absolute atomic E-state index is 14.4. The minimum absolute atomic E-state index is 0.0774. The number of hydrogen-bond donors (Lipinski definition) is 7. The van der Waals surface area contributed by atoms with Gasteiger partial charge >= 0.3 is 24.0 Å². The molecule has 59 heavy (non-hydrogen) atoms. The van der Waals surface area contributed by atoms with Gasteiger partial charge in [-0.1, -0.05) is 34.5 Å². The third-order valence-electron chi connectivity index (χ3n) is 8.37. The first-order valence-corrected chi connectivity index (χ1v) is 17.5. The molecule has 0 bridgehead atoms. The molecule has 5 rings (SSSR count). The van der Waals surface area contributed by atoms with Crippen molar-refractivity contribution < 1.29 is 80.8 Å². The molecule has 0 aliphatic carbocycles. The Morgan fingerprint density at radius 3 is 2.42 bits per heavy atom. The van der Waals surface area contributed by atoms with E-state index in [9.17, 15) is 61.9 Å². The monoisotopic (exact) mass is 880 g/mol. The maximum Gasteiger partial charge on any atom is 0.421 e. The molecule has 7 N–H and O–H groups in total. The van der Waals surface area contributed by atoms with Gasteiger partial charge in [0.25, 0.3) is 6.43 Å². The van der Waals surface area contributed by atoms with Crippen molar-refractivity contribution in [2.24, 2.45) is 0 Å². The number of amides is 2. The molecule has 25 heteroatoms. The number of halogens is 7. The Morgan fingerprint density at radius 1 is 1.12 bits per heavy atom. The predicted octanol–water partition coefficient (Wildman–Crippen LogP) is 3.99. The molecule has 3 heterocycles. The Kier molecular flexibility index (Phi) is 13.8. The molecule has 2 aromatic carbocycles. The Balaban J connectivity index is 1.30. The molecule has 2 aromatic heterocycles. The summed E-state index contributed by atoms with van der Waals surface area (Å²) in [4.78, 5) is 40.4. The zero-order valence-corrected chi connectivity index (χ0v) is 31.3. The second kappa shape index (κ2) is 18.2. The highest BCUT2D eigenvalue weighted by atomic mass is 35.5. The van der Waals surface area contributed by atoms with E-state index < -0.39 is 115 Å². The Hall–Kier alpha value is -5.43. The van der Waals surface area contributed by atoms with E-state index in [-0.39, 0.29) is 27.2 Å². The second-order valence-corrected chi connectivity index (χ2v) is 13.4. The van der Waals surface area contributed by atoms with Gasteiger partial charge in [-0.3, -0.25) is 10.1 Å². The Bertz CT molecular complexity index is 2170. The summed E-state index contributed by atoms with van der Waals surface area (Å²) >= 11 is 12.0. The van der Waals surface area contributed by atoms with Gasteiger partial charge in [-0.2, -0.15) is 13.2 Å². The largest absolute Gasteiger partial charge is 0.476 e. The lowest BCUT2D eigenvalue weighted by molar-refractivity contribution is -0.284. The lowest BCUT2D eigenvalue weighted by Gasteiger charge is -2.46. The molecular weight excluding hydrogens is 850 g/mol. The molecule has 0 radical (unpaired) electrons. The van der Waals surface area contributed by atoms with Gasteiger partial charge in [0.2, 0.25) is 11.8 Å². The highest BCUT2D eigenvalue weighted by Gasteiger charge is 2.57. The van der Waals surface area contributed by atoms with Gasteiger partial charge in [-0.25, -0.2) is 28.0 Å². The fourth-order valence-electron chi connectivity index (χ4n) is 5.62. The highest BCUT2D eigenvalue weighted by Crippen LogP contribution is 2.42. The predicted molar refractivity (Wildman–Crippen MR) is 189 cm³/mol. The molecule has 4 aromatic rings. The number of nitrogens with zero attached hydrogens (tertiary/aromatic N) is 4. The maximum atomic E-state index is 14.4. The molecule has 1 saturated heterocycles. The number of aliphatic hydroxyl groups is 4. The van der Waals surface area contributed by atoms with Crippen LogP contribution in [0.1, 0.15) is 36.6 Å². The second-order valence-electron chi connectivity index (χ2n) is 12.6. The van der Waals surface area contributed by atoms with Gasteiger partial charge in [-0.05, 0) is 36.4 Å². The van der Waals surface area contributed by atoms with E-state index in [1.165, 1.54) is 18.2 Å². The number of aromatic nitrogens is 4. The van der Waals surface area contributed by atoms with Crippen LogP contribution >= 0.6 is 23.2 Å². The number of benzene rings is 2. The van der Waals surface area contributed by atoms with Gasteiger partial charge < -0.3 is 49.8 Å². The van der Waals surface area contributed by atoms with Crippen LogP contribution in [0.15, 0.2) is 54.9 Å². The van der Waals surface area contributed by atoms with Crippen molar-refractivity contribution in [3.8, 4) is 23.1 Å². The van der Waals surface area contributed by atoms with Crippen molar-refractivity contribution in [1.29, 1.82) is 0 Å². The number of pyridine rings is 1. The van der Waals surface area contributed by atoms with Crippen molar-refractivity contribution in [3.63, 3.8) is 0 Å². The van der Waals surface area contributed by atoms with E-state index in [4.69, 9.17) is 42.1 Å². The topological polar surface area (TPSA) is 257 Å². The molecular formula is C34H31Cl2F5N6O12. The molecule has 2 amide bonds. The molecule has 1 aliphatic rings. The molecule has 0 unspecified atom stereocenters. The normalized spacial score (nSPS) is 20.4. The zero-order valence-electron chi connectivity index (χ0n) is 29.8. The van der Waals surface area contributed by atoms with Crippen LogP contribution in [0.25, 0.3) is 5.69 Å². The van der Waals surface area contributed by atoms with Gasteiger partial charge in [-0.15, -0.1) is 5.10 Å². The van der Waals surface area contributed by atoms with Crippen molar-refractivity contribution in [3.05, 3.63) is 81.7 Å². The molecule has 318 valence electrons. The summed E-state index contributed by atoms with van der Waals surface area (Å²) in [5.41, 5.74) is -2.96. The summed E-state index contributed by atoms with van der Waals surface area (Å²) in [6, 6.07) is 5.93. The first-order chi connectivity index (χ1) is 27.7. The Morgan fingerprint density at radius 2 is 1.81 bits per heavy atom. The number of aliphatic hydroxyl groups excluding tert-OH is 4. The van der Waals surface area contributed by atoms with E-state index >= 15 is 0 Å². The van der Waals surface area contributed by atoms with Crippen LogP contribution in [0.3, 0.4) is 0 Å². The number of alkyl halides is 5. The number of carboxylic acid groups (broad SMARTS) is 1. The smallest absolute Gasteiger partial charge is 0.421 e. The summed E-state index contributed by atoms with van der Waals surface area (Å²) < 4.78 is 92.7. The summed E-state index contributed by atoms with van der Waals surface area (Å²) in [6.07, 6.45) is -16.5. The Labute approximate surface area is 338 Å². The fraction of sp³-hybridized carbons (Fsp3) is 0.353. The van der Waals surface area contributed by atoms with Gasteiger partial charge in [0.05, 0.1) is 64.6 Å². The summed E-state index contributed by atoms with van der Waals surface area (Å²) in [5, 5.41) is 62.6. The van der Waals surface area contributed by atoms with Crippen LogP contribution in [0, 0.1) is 0 Å². The number of rotatable bonds is 14. The number of ether oxygens (including phenoxy) is 4. The molecule has 6 atom stereocenters. The number of carboxylic acids is 1. The van der Waals surface area contributed by atoms with Crippen LogP contribution in [0.4, 0.5) is 32.4 Å². The van der Waals surface area contributed by atoms with Crippen molar-refractivity contribution in [1.82, 2.24) is 25.3 Å². The molecule has 0 saturated carbocycles. The van der Waals surface area contributed by atoms with E-state index in [1.54, 1.807) is 0 Å². The first-order valence-electron chi connectivity index (χ1n) is 16.7. The van der Waals surface area contributed by atoms with Crippen LogP contribution in [0.5, 0.6) is 17.4 Å². The zero-order chi connectivity index (χ0) is 43.4. The minimum atomic E-state index is -5.01. The molecule has 18 nitrogen and oxygen atoms in total. The average molecular weight is 882 g/mol. The van der Waals surface area contributed by atoms with Crippen molar-refractivity contribution in [2.75, 3.05) is 11.9 Å². The standard InChI is InChI=1S/C34H31Cl2F5N6O12/c1-14(49)43-25-22(50)9-33(31(53)54,59-28(25)26(52)23(51)12-48)58-24-6-5-17(8-18(24)29(37)38)47-11-16(45-46-47)13-56-32(55)44-15-7-19(34(39,40)41)30(42-10-15)57-27-20(35)3-2-4-21(27)36/h2-8,10-11,22-23,25-26,28-29,48,50-52H,9,12-13H2,1H3,(H,43,49)(H,44,55)(H,53,54)/t22-,23+,25+,26+,28+,33+/m0/s1. The average Bonchev–Trinajstić information content (AvgIpc) is 3.65.